The number of hydrogen-bond donors (Lipinski definition) is 1. The standard InChI is InChI=1S/C15H21BrN2O/c1-11-9-14(17-10-13(11)16)18-15(19)12-7-5-3-2-4-6-8-12/h9-10,12H,2-8H2,1H3,(H,17,18,19). The van der Waals surface area contributed by atoms with E-state index < -0.39 is 0 Å². The van der Waals surface area contributed by atoms with Crippen LogP contribution < -0.4 is 5.32 Å². The molecule has 1 aromatic heterocycles. The first-order valence-corrected chi connectivity index (χ1v) is 7.89. The Balaban J connectivity index is 1.96. The van der Waals surface area contributed by atoms with E-state index in [4.69, 9.17) is 0 Å². The van der Waals surface area contributed by atoms with Crippen molar-refractivity contribution in [1.29, 1.82) is 0 Å². The Labute approximate surface area is 123 Å². The summed E-state index contributed by atoms with van der Waals surface area (Å²) in [5, 5.41) is 2.96. The molecule has 0 radical (unpaired) electrons. The number of amides is 1. The number of nitrogens with one attached hydrogen (secondary N) is 1. The average Bonchev–Trinajstić information content (AvgIpc) is 2.33. The van der Waals surface area contributed by atoms with Crippen molar-refractivity contribution < 1.29 is 4.79 Å². The summed E-state index contributed by atoms with van der Waals surface area (Å²) in [5.41, 5.74) is 1.09. The third-order valence-corrected chi connectivity index (χ3v) is 4.60. The van der Waals surface area contributed by atoms with E-state index in [1.54, 1.807) is 6.20 Å². The number of carbonyl (C=O) groups excluding carboxylic acids is 1. The Morgan fingerprint density at radius 1 is 1.26 bits per heavy atom. The minimum absolute atomic E-state index is 0.135. The van der Waals surface area contributed by atoms with Crippen molar-refractivity contribution in [2.75, 3.05) is 5.32 Å². The molecule has 2 rings (SSSR count). The maximum absolute atomic E-state index is 12.3. The highest BCUT2D eigenvalue weighted by molar-refractivity contribution is 9.10. The summed E-state index contributed by atoms with van der Waals surface area (Å²) in [6.07, 6.45) is 9.96. The minimum atomic E-state index is 0.135. The molecular weight excluding hydrogens is 304 g/mol. The zero-order valence-electron chi connectivity index (χ0n) is 11.4. The number of hydrogen-bond acceptors (Lipinski definition) is 2. The van der Waals surface area contributed by atoms with Gasteiger partial charge in [0.1, 0.15) is 5.82 Å². The number of carbonyl (C=O) groups is 1. The number of anilines is 1. The monoisotopic (exact) mass is 324 g/mol. The predicted octanol–water partition coefficient (Wildman–Crippen LogP) is 4.45. The molecule has 1 saturated carbocycles. The van der Waals surface area contributed by atoms with Crippen LogP contribution in [0.25, 0.3) is 0 Å². The molecule has 1 amide bonds. The molecule has 0 spiro atoms. The van der Waals surface area contributed by atoms with Crippen LogP contribution in [0.2, 0.25) is 0 Å². The van der Waals surface area contributed by atoms with Crippen molar-refractivity contribution in [2.45, 2.75) is 51.9 Å². The highest BCUT2D eigenvalue weighted by Gasteiger charge is 2.19. The Bertz CT molecular complexity index is 440. The molecule has 0 unspecified atom stereocenters. The van der Waals surface area contributed by atoms with E-state index >= 15 is 0 Å². The van der Waals surface area contributed by atoms with E-state index in [0.717, 1.165) is 22.9 Å². The predicted molar refractivity (Wildman–Crippen MR) is 81.1 cm³/mol. The van der Waals surface area contributed by atoms with Crippen LogP contribution in [-0.4, -0.2) is 10.9 Å². The zero-order chi connectivity index (χ0) is 13.7. The maximum atomic E-state index is 12.3. The molecule has 1 heterocycles. The largest absolute Gasteiger partial charge is 0.310 e. The highest BCUT2D eigenvalue weighted by Crippen LogP contribution is 2.24. The van der Waals surface area contributed by atoms with E-state index in [9.17, 15) is 4.79 Å². The zero-order valence-corrected chi connectivity index (χ0v) is 13.0. The first-order chi connectivity index (χ1) is 9.16. The second-order valence-electron chi connectivity index (χ2n) is 5.35. The quantitative estimate of drug-likeness (QED) is 0.873. The van der Waals surface area contributed by atoms with Crippen LogP contribution in [0.1, 0.15) is 50.5 Å². The molecule has 0 atom stereocenters. The fourth-order valence-electron chi connectivity index (χ4n) is 2.55. The van der Waals surface area contributed by atoms with Crippen LogP contribution >= 0.6 is 15.9 Å². The van der Waals surface area contributed by atoms with E-state index in [0.29, 0.717) is 5.82 Å². The molecule has 19 heavy (non-hydrogen) atoms. The van der Waals surface area contributed by atoms with Gasteiger partial charge in [-0.2, -0.15) is 0 Å². The number of rotatable bonds is 2. The normalized spacial score (nSPS) is 17.6. The van der Waals surface area contributed by atoms with Crippen LogP contribution in [-0.2, 0) is 4.79 Å². The van der Waals surface area contributed by atoms with E-state index in [1.807, 2.05) is 13.0 Å². The van der Waals surface area contributed by atoms with Gasteiger partial charge in [0, 0.05) is 16.6 Å². The lowest BCUT2D eigenvalue weighted by molar-refractivity contribution is -0.120. The Morgan fingerprint density at radius 2 is 1.89 bits per heavy atom. The van der Waals surface area contributed by atoms with Crippen molar-refractivity contribution >= 4 is 27.7 Å². The van der Waals surface area contributed by atoms with Gasteiger partial charge in [-0.15, -0.1) is 0 Å². The number of pyridine rings is 1. The van der Waals surface area contributed by atoms with Crippen LogP contribution in [0.15, 0.2) is 16.7 Å². The average molecular weight is 325 g/mol. The van der Waals surface area contributed by atoms with E-state index in [-0.39, 0.29) is 11.8 Å². The van der Waals surface area contributed by atoms with Gasteiger partial charge < -0.3 is 5.32 Å². The molecule has 0 aliphatic heterocycles. The van der Waals surface area contributed by atoms with Crippen LogP contribution in [0.4, 0.5) is 5.82 Å². The first kappa shape index (κ1) is 14.5. The molecule has 0 saturated heterocycles. The van der Waals surface area contributed by atoms with Crippen LogP contribution in [0.5, 0.6) is 0 Å². The summed E-state index contributed by atoms with van der Waals surface area (Å²) in [6, 6.07) is 1.91. The lowest BCUT2D eigenvalue weighted by Crippen LogP contribution is -2.24. The SMILES string of the molecule is Cc1cc(NC(=O)C2CCCCCCC2)ncc1Br. The Hall–Kier alpha value is -0.900. The molecule has 1 N–H and O–H groups in total. The van der Waals surface area contributed by atoms with Gasteiger partial charge in [-0.05, 0) is 47.3 Å². The van der Waals surface area contributed by atoms with Crippen LogP contribution in [0, 0.1) is 12.8 Å². The van der Waals surface area contributed by atoms with Crippen molar-refractivity contribution in [3.63, 3.8) is 0 Å². The van der Waals surface area contributed by atoms with Crippen molar-refractivity contribution in [3.05, 3.63) is 22.3 Å². The van der Waals surface area contributed by atoms with Gasteiger partial charge in [-0.25, -0.2) is 4.98 Å². The summed E-state index contributed by atoms with van der Waals surface area (Å²) in [7, 11) is 0. The van der Waals surface area contributed by atoms with Gasteiger partial charge >= 0.3 is 0 Å². The summed E-state index contributed by atoms with van der Waals surface area (Å²) in [5.74, 6) is 0.954. The fourth-order valence-corrected chi connectivity index (χ4v) is 2.77. The summed E-state index contributed by atoms with van der Waals surface area (Å²) >= 11 is 3.42. The summed E-state index contributed by atoms with van der Waals surface area (Å²) in [4.78, 5) is 16.5. The Kier molecular flexibility index (Phi) is 5.37. The molecular formula is C15H21BrN2O. The first-order valence-electron chi connectivity index (χ1n) is 7.10. The van der Waals surface area contributed by atoms with Gasteiger partial charge in [-0.1, -0.05) is 32.1 Å². The van der Waals surface area contributed by atoms with Crippen molar-refractivity contribution in [3.8, 4) is 0 Å². The molecule has 104 valence electrons. The molecule has 1 aliphatic rings. The summed E-state index contributed by atoms with van der Waals surface area (Å²) in [6.45, 7) is 2.00. The molecule has 0 bridgehead atoms. The van der Waals surface area contributed by atoms with Gasteiger partial charge in [0.05, 0.1) is 0 Å². The van der Waals surface area contributed by atoms with E-state index in [1.165, 1.54) is 32.1 Å². The molecule has 4 heteroatoms. The van der Waals surface area contributed by atoms with Gasteiger partial charge in [0.2, 0.25) is 5.91 Å². The number of nitrogens with zero attached hydrogens (tertiary/aromatic N) is 1. The highest BCUT2D eigenvalue weighted by atomic mass is 79.9. The lowest BCUT2D eigenvalue weighted by atomic mass is 9.90. The molecule has 3 nitrogen and oxygen atoms in total. The number of aryl methyl sites for hydroxylation is 1. The third-order valence-electron chi connectivity index (χ3n) is 3.77. The second kappa shape index (κ2) is 7.04. The maximum Gasteiger partial charge on any atom is 0.228 e. The van der Waals surface area contributed by atoms with Gasteiger partial charge in [-0.3, -0.25) is 4.79 Å². The molecule has 1 fully saturated rings. The van der Waals surface area contributed by atoms with Crippen molar-refractivity contribution in [2.24, 2.45) is 5.92 Å². The lowest BCUT2D eigenvalue weighted by Gasteiger charge is -2.19. The number of aromatic nitrogens is 1. The molecule has 1 aliphatic carbocycles. The fraction of sp³-hybridized carbons (Fsp3) is 0.600. The van der Waals surface area contributed by atoms with Gasteiger partial charge in [0.15, 0.2) is 0 Å². The van der Waals surface area contributed by atoms with Crippen LogP contribution in [0.3, 0.4) is 0 Å². The van der Waals surface area contributed by atoms with Gasteiger partial charge in [0.25, 0.3) is 0 Å². The molecule has 1 aromatic rings. The smallest absolute Gasteiger partial charge is 0.228 e. The topological polar surface area (TPSA) is 42.0 Å². The van der Waals surface area contributed by atoms with E-state index in [2.05, 4.69) is 26.2 Å². The molecule has 0 aromatic carbocycles. The minimum Gasteiger partial charge on any atom is -0.310 e. The summed E-state index contributed by atoms with van der Waals surface area (Å²) < 4.78 is 0.969. The number of halogens is 1. The van der Waals surface area contributed by atoms with Crippen molar-refractivity contribution in [1.82, 2.24) is 4.98 Å². The Morgan fingerprint density at radius 3 is 2.53 bits per heavy atom. The second-order valence-corrected chi connectivity index (χ2v) is 6.20. The third kappa shape index (κ3) is 4.30.